The number of nitro benzene ring substituents is 1. The number of ether oxygens (including phenoxy) is 2. The Morgan fingerprint density at radius 3 is 2.82 bits per heavy atom. The Morgan fingerprint density at radius 2 is 2.09 bits per heavy atom. The van der Waals surface area contributed by atoms with E-state index < -0.39 is 10.5 Å². The molecule has 1 fully saturated rings. The minimum Gasteiger partial charge on any atom is -0.497 e. The number of carbonyl (C=O) groups is 1. The van der Waals surface area contributed by atoms with Crippen molar-refractivity contribution >= 4 is 22.6 Å². The first kappa shape index (κ1) is 23.4. The molecule has 2 heterocycles. The predicted octanol–water partition coefficient (Wildman–Crippen LogP) is 3.08. The van der Waals surface area contributed by atoms with Gasteiger partial charge < -0.3 is 9.47 Å². The van der Waals surface area contributed by atoms with E-state index in [1.807, 2.05) is 0 Å². The average molecular weight is 466 g/mol. The van der Waals surface area contributed by atoms with Gasteiger partial charge in [-0.2, -0.15) is 0 Å². The van der Waals surface area contributed by atoms with Crippen LogP contribution in [0.15, 0.2) is 47.3 Å². The van der Waals surface area contributed by atoms with Crippen LogP contribution in [0.5, 0.6) is 5.75 Å². The number of benzene rings is 2. The largest absolute Gasteiger partial charge is 0.497 e. The quantitative estimate of drug-likeness (QED) is 0.296. The second kappa shape index (κ2) is 10.0. The van der Waals surface area contributed by atoms with E-state index in [0.717, 1.165) is 19.4 Å². The van der Waals surface area contributed by atoms with Gasteiger partial charge in [-0.25, -0.2) is 4.98 Å². The van der Waals surface area contributed by atoms with Crippen molar-refractivity contribution in [1.82, 2.24) is 14.5 Å². The number of fused-ring (bicyclic) bond motifs is 1. The van der Waals surface area contributed by atoms with Gasteiger partial charge in [0.05, 0.1) is 47.7 Å². The number of nitrogens with zero attached hydrogens (tertiary/aromatic N) is 4. The highest BCUT2D eigenvalue weighted by atomic mass is 16.6. The van der Waals surface area contributed by atoms with Gasteiger partial charge in [0.15, 0.2) is 0 Å². The Morgan fingerprint density at radius 1 is 1.26 bits per heavy atom. The summed E-state index contributed by atoms with van der Waals surface area (Å²) < 4.78 is 12.0. The van der Waals surface area contributed by atoms with Gasteiger partial charge in [-0.1, -0.05) is 6.07 Å². The number of methoxy groups -OCH3 is 1. The molecule has 0 unspecified atom stereocenters. The summed E-state index contributed by atoms with van der Waals surface area (Å²) in [6.45, 7) is 3.71. The second-order valence-corrected chi connectivity index (χ2v) is 8.15. The smallest absolute Gasteiger partial charge is 0.310 e. The van der Waals surface area contributed by atoms with Crippen LogP contribution in [-0.2, 0) is 16.1 Å². The van der Waals surface area contributed by atoms with Crippen LogP contribution in [0.4, 0.5) is 5.69 Å². The fourth-order valence-electron chi connectivity index (χ4n) is 4.31. The lowest BCUT2D eigenvalue weighted by atomic mass is 9.98. The Labute approximate surface area is 195 Å². The molecule has 4 rings (SSSR count). The molecule has 0 radical (unpaired) electrons. The molecule has 10 heteroatoms. The van der Waals surface area contributed by atoms with Gasteiger partial charge in [0.25, 0.3) is 11.2 Å². The highest BCUT2D eigenvalue weighted by Gasteiger charge is 2.28. The van der Waals surface area contributed by atoms with Crippen LogP contribution in [0.3, 0.4) is 0 Å². The number of rotatable bonds is 7. The van der Waals surface area contributed by atoms with Crippen molar-refractivity contribution in [1.29, 1.82) is 0 Å². The average Bonchev–Trinajstić information content (AvgIpc) is 2.84. The summed E-state index contributed by atoms with van der Waals surface area (Å²) >= 11 is 0. The number of nitro groups is 1. The fraction of sp³-hybridized carbons (Fsp3) is 0.375. The number of hydrogen-bond donors (Lipinski definition) is 0. The van der Waals surface area contributed by atoms with Crippen molar-refractivity contribution in [2.24, 2.45) is 5.92 Å². The lowest BCUT2D eigenvalue weighted by Crippen LogP contribution is -2.40. The van der Waals surface area contributed by atoms with Crippen LogP contribution >= 0.6 is 0 Å². The summed E-state index contributed by atoms with van der Waals surface area (Å²) in [5.74, 6) is 0.601. The number of likely N-dealkylation sites (tertiary alicyclic amines) is 1. The monoisotopic (exact) mass is 466 g/mol. The number of hydrogen-bond acceptors (Lipinski definition) is 8. The third-order valence-electron chi connectivity index (χ3n) is 5.93. The Balaban J connectivity index is 1.80. The SMILES string of the molecule is CCOC(=O)[C@@H]1CCCN(Cc2nc3ccc([N+](=O)[O-])cc3c(=O)n2-c2cccc(OC)c2)C1. The van der Waals surface area contributed by atoms with Crippen LogP contribution in [0.25, 0.3) is 16.6 Å². The van der Waals surface area contributed by atoms with E-state index in [-0.39, 0.29) is 23.0 Å². The molecule has 1 aliphatic rings. The molecule has 0 spiro atoms. The first-order valence-electron chi connectivity index (χ1n) is 11.1. The first-order chi connectivity index (χ1) is 16.4. The molecule has 34 heavy (non-hydrogen) atoms. The zero-order chi connectivity index (χ0) is 24.2. The third kappa shape index (κ3) is 4.76. The fourth-order valence-corrected chi connectivity index (χ4v) is 4.31. The molecular weight excluding hydrogens is 440 g/mol. The van der Waals surface area contributed by atoms with Crippen molar-refractivity contribution in [3.05, 3.63) is 68.8 Å². The van der Waals surface area contributed by atoms with Gasteiger partial charge in [0.1, 0.15) is 11.6 Å². The molecule has 178 valence electrons. The molecule has 3 aromatic rings. The maximum atomic E-state index is 13.6. The van der Waals surface area contributed by atoms with Crippen LogP contribution < -0.4 is 10.3 Å². The summed E-state index contributed by atoms with van der Waals surface area (Å²) in [6.07, 6.45) is 1.58. The number of non-ortho nitro benzene ring substituents is 1. The Hall–Kier alpha value is -3.79. The molecule has 1 aliphatic heterocycles. The molecule has 0 saturated carbocycles. The summed E-state index contributed by atoms with van der Waals surface area (Å²) in [5, 5.41) is 11.4. The van der Waals surface area contributed by atoms with E-state index in [1.54, 1.807) is 31.2 Å². The molecule has 0 N–H and O–H groups in total. The molecular formula is C24H26N4O6. The minimum absolute atomic E-state index is 0.156. The van der Waals surface area contributed by atoms with E-state index in [4.69, 9.17) is 14.5 Å². The Kier molecular flexibility index (Phi) is 6.87. The van der Waals surface area contributed by atoms with Crippen LogP contribution in [0.2, 0.25) is 0 Å². The summed E-state index contributed by atoms with van der Waals surface area (Å²) in [7, 11) is 1.54. The topological polar surface area (TPSA) is 117 Å². The molecule has 0 aliphatic carbocycles. The number of piperidine rings is 1. The highest BCUT2D eigenvalue weighted by Crippen LogP contribution is 2.24. The van der Waals surface area contributed by atoms with Gasteiger partial charge in [-0.15, -0.1) is 0 Å². The zero-order valence-corrected chi connectivity index (χ0v) is 19.1. The van der Waals surface area contributed by atoms with Gasteiger partial charge in [0.2, 0.25) is 0 Å². The van der Waals surface area contributed by atoms with Gasteiger partial charge in [0, 0.05) is 24.7 Å². The molecule has 1 atom stereocenters. The number of aromatic nitrogens is 2. The van der Waals surface area contributed by atoms with E-state index >= 15 is 0 Å². The second-order valence-electron chi connectivity index (χ2n) is 8.15. The summed E-state index contributed by atoms with van der Waals surface area (Å²) in [5.41, 5.74) is 0.337. The summed E-state index contributed by atoms with van der Waals surface area (Å²) in [6, 6.07) is 11.1. The predicted molar refractivity (Wildman–Crippen MR) is 125 cm³/mol. The van der Waals surface area contributed by atoms with E-state index in [0.29, 0.717) is 42.5 Å². The van der Waals surface area contributed by atoms with Crippen molar-refractivity contribution in [3.8, 4) is 11.4 Å². The normalized spacial score (nSPS) is 16.4. The molecule has 0 amide bonds. The molecule has 2 aromatic carbocycles. The van der Waals surface area contributed by atoms with Gasteiger partial charge in [-0.05, 0) is 44.5 Å². The molecule has 1 saturated heterocycles. The van der Waals surface area contributed by atoms with Gasteiger partial charge >= 0.3 is 5.97 Å². The zero-order valence-electron chi connectivity index (χ0n) is 19.1. The maximum Gasteiger partial charge on any atom is 0.310 e. The summed E-state index contributed by atoms with van der Waals surface area (Å²) in [4.78, 5) is 43.4. The van der Waals surface area contributed by atoms with Gasteiger partial charge in [-0.3, -0.25) is 29.2 Å². The molecule has 10 nitrogen and oxygen atoms in total. The van der Waals surface area contributed by atoms with Crippen LogP contribution in [-0.4, -0.2) is 52.1 Å². The van der Waals surface area contributed by atoms with Crippen LogP contribution in [0, 0.1) is 16.0 Å². The lowest BCUT2D eigenvalue weighted by molar-refractivity contribution is -0.384. The van der Waals surface area contributed by atoms with E-state index in [2.05, 4.69) is 4.90 Å². The van der Waals surface area contributed by atoms with E-state index in [9.17, 15) is 19.7 Å². The third-order valence-corrected chi connectivity index (χ3v) is 5.93. The lowest BCUT2D eigenvalue weighted by Gasteiger charge is -2.31. The standard InChI is InChI=1S/C24H26N4O6/c1-3-34-24(30)16-6-5-11-26(14-16)15-22-25-21-10-9-18(28(31)32)13-20(21)23(29)27(22)17-7-4-8-19(12-17)33-2/h4,7-10,12-13,16H,3,5-6,11,14-15H2,1-2H3/t16-/m1/s1. The number of esters is 1. The van der Waals surface area contributed by atoms with Crippen molar-refractivity contribution < 1.29 is 19.2 Å². The number of carbonyl (C=O) groups excluding carboxylic acids is 1. The first-order valence-corrected chi connectivity index (χ1v) is 11.1. The van der Waals surface area contributed by atoms with Crippen molar-refractivity contribution in [3.63, 3.8) is 0 Å². The van der Waals surface area contributed by atoms with Crippen molar-refractivity contribution in [2.75, 3.05) is 26.8 Å². The maximum absolute atomic E-state index is 13.6. The molecule has 0 bridgehead atoms. The Bertz CT molecular complexity index is 1290. The molecule has 1 aromatic heterocycles. The van der Waals surface area contributed by atoms with Crippen molar-refractivity contribution in [2.45, 2.75) is 26.3 Å². The highest BCUT2D eigenvalue weighted by molar-refractivity contribution is 5.80. The minimum atomic E-state index is -0.536. The van der Waals surface area contributed by atoms with Crippen LogP contribution in [0.1, 0.15) is 25.6 Å². The van der Waals surface area contributed by atoms with E-state index in [1.165, 1.54) is 29.9 Å².